The van der Waals surface area contributed by atoms with Gasteiger partial charge < -0.3 is 39.2 Å². The van der Waals surface area contributed by atoms with Crippen molar-refractivity contribution < 1.29 is 37.8 Å². The monoisotopic (exact) mass is 1020 g/mol. The van der Waals surface area contributed by atoms with E-state index >= 15 is 8.78 Å². The summed E-state index contributed by atoms with van der Waals surface area (Å²) in [6, 6.07) is 12.5. The molecule has 388 valence electrons. The molecule has 7 heterocycles. The number of hydrogen-bond acceptors (Lipinski definition) is 14. The number of terminal acetylenes is 1. The van der Waals surface area contributed by atoms with Gasteiger partial charge in [0.25, 0.3) is 5.91 Å². The zero-order valence-electron chi connectivity index (χ0n) is 42.0. The first-order chi connectivity index (χ1) is 36.3. The van der Waals surface area contributed by atoms with Gasteiger partial charge >= 0.3 is 6.01 Å². The van der Waals surface area contributed by atoms with E-state index in [0.29, 0.717) is 61.8 Å². The lowest BCUT2D eigenvalue weighted by Gasteiger charge is -2.41. The van der Waals surface area contributed by atoms with E-state index in [2.05, 4.69) is 48.0 Å². The van der Waals surface area contributed by atoms with E-state index in [1.165, 1.54) is 30.5 Å². The van der Waals surface area contributed by atoms with Crippen molar-refractivity contribution in [2.45, 2.75) is 76.9 Å². The number of nitriles is 1. The molecule has 2 N–H and O–H groups in total. The topological polar surface area (TPSA) is 192 Å². The van der Waals surface area contributed by atoms with Crippen LogP contribution in [-0.4, -0.2) is 154 Å². The van der Waals surface area contributed by atoms with Crippen molar-refractivity contribution >= 4 is 56.8 Å². The van der Waals surface area contributed by atoms with Gasteiger partial charge in [-0.25, -0.2) is 8.78 Å². The minimum atomic E-state index is -0.836. The minimum Gasteiger partial charge on any atom is -0.508 e. The molecule has 1 unspecified atom stereocenters. The number of carbonyl (C=O) groups excluding carboxylic acids is 4. The van der Waals surface area contributed by atoms with Crippen LogP contribution in [0.3, 0.4) is 0 Å². The normalized spacial score (nSPS) is 21.3. The lowest BCUT2D eigenvalue weighted by Crippen LogP contribution is -2.55. The first-order valence-electron chi connectivity index (χ1n) is 26.1. The number of pyridine rings is 1. The molecule has 0 radical (unpaired) electrons. The van der Waals surface area contributed by atoms with E-state index in [-0.39, 0.29) is 87.4 Å². The van der Waals surface area contributed by atoms with Crippen molar-refractivity contribution in [1.82, 2.24) is 39.9 Å². The number of phenols is 1. The molecule has 4 amide bonds. The van der Waals surface area contributed by atoms with Gasteiger partial charge in [0.05, 0.1) is 36.1 Å². The number of benzene rings is 3. The van der Waals surface area contributed by atoms with E-state index in [0.717, 1.165) is 89.3 Å². The zero-order valence-corrected chi connectivity index (χ0v) is 42.0. The van der Waals surface area contributed by atoms with Gasteiger partial charge in [-0.2, -0.15) is 15.2 Å². The average Bonchev–Trinajstić information content (AvgIpc) is 4.11. The third-order valence-corrected chi connectivity index (χ3v) is 16.3. The molecule has 4 saturated heterocycles. The maximum Gasteiger partial charge on any atom is 0.319 e. The third-order valence-electron chi connectivity index (χ3n) is 16.3. The van der Waals surface area contributed by atoms with Crippen LogP contribution in [0.25, 0.3) is 32.9 Å². The molecule has 2 aromatic heterocycles. The lowest BCUT2D eigenvalue weighted by atomic mass is 9.95. The Hall–Kier alpha value is -7.48. The maximum atomic E-state index is 17.3. The predicted molar refractivity (Wildman–Crippen MR) is 275 cm³/mol. The fourth-order valence-corrected chi connectivity index (χ4v) is 12.0. The molecular weight excluding hydrogens is 961 g/mol. The number of nitrogens with one attached hydrogen (secondary N) is 1. The van der Waals surface area contributed by atoms with Crippen LogP contribution in [0.2, 0.25) is 0 Å². The van der Waals surface area contributed by atoms with Crippen LogP contribution < -0.4 is 19.9 Å². The van der Waals surface area contributed by atoms with Crippen molar-refractivity contribution in [2.75, 3.05) is 88.4 Å². The second kappa shape index (κ2) is 20.3. The summed E-state index contributed by atoms with van der Waals surface area (Å²) in [6.45, 7) is 10.9. The summed E-state index contributed by atoms with van der Waals surface area (Å²) < 4.78 is 38.9. The number of halogens is 2. The Kier molecular flexibility index (Phi) is 13.5. The highest BCUT2D eigenvalue weighted by atomic mass is 19.1. The number of amides is 4. The lowest BCUT2D eigenvalue weighted by molar-refractivity contribution is -0.137. The SMILES string of the molecule is C#Cc1c(F)ccc2cc(O)cc(-c3ncc4c(N5CCN(C(=O)CC)[C@@H](CC#N)C5)nc(OCC5(CN6CCN(CC7CCN(c8ccc9c(c8)CN(C8CCC(=O)NC8=O)C9=O)CC7)CC6)CC5)nc4c3F)c12. The Balaban J connectivity index is 0.744. The van der Waals surface area contributed by atoms with Gasteiger partial charge in [-0.05, 0) is 85.4 Å². The molecule has 0 bridgehead atoms. The van der Waals surface area contributed by atoms with Crippen LogP contribution in [0, 0.1) is 46.6 Å². The van der Waals surface area contributed by atoms with Gasteiger partial charge in [-0.3, -0.25) is 29.5 Å². The van der Waals surface area contributed by atoms with Crippen molar-refractivity contribution in [1.29, 1.82) is 5.26 Å². The predicted octanol–water partition coefficient (Wildman–Crippen LogP) is 5.61. The molecule has 1 aliphatic carbocycles. The molecule has 1 saturated carbocycles. The van der Waals surface area contributed by atoms with Crippen LogP contribution in [0.5, 0.6) is 11.8 Å². The fraction of sp³-hybridized carbons (Fsp3) is 0.464. The van der Waals surface area contributed by atoms with E-state index < -0.39 is 29.6 Å². The molecule has 19 heteroatoms. The Morgan fingerprint density at radius 3 is 2.47 bits per heavy atom. The third kappa shape index (κ3) is 9.75. The number of nitrogens with zero attached hydrogens (tertiary/aromatic N) is 10. The summed E-state index contributed by atoms with van der Waals surface area (Å²) in [7, 11) is 0. The number of phenolic OH excluding ortho intramolecular Hbond substituents is 1. The Bertz CT molecular complexity index is 3210. The van der Waals surface area contributed by atoms with Gasteiger partial charge in [0.15, 0.2) is 5.82 Å². The van der Waals surface area contributed by atoms with E-state index in [1.807, 2.05) is 17.0 Å². The summed E-state index contributed by atoms with van der Waals surface area (Å²) >= 11 is 0. The zero-order chi connectivity index (χ0) is 52.1. The highest BCUT2D eigenvalue weighted by Gasteiger charge is 2.46. The van der Waals surface area contributed by atoms with Crippen LogP contribution in [0.4, 0.5) is 20.3 Å². The molecule has 3 aromatic carbocycles. The quantitative estimate of drug-likeness (QED) is 0.109. The fourth-order valence-electron chi connectivity index (χ4n) is 12.0. The number of anilines is 2. The molecule has 5 aliphatic heterocycles. The highest BCUT2D eigenvalue weighted by Crippen LogP contribution is 2.47. The molecule has 11 rings (SSSR count). The van der Waals surface area contributed by atoms with Gasteiger partial charge in [0.1, 0.15) is 34.6 Å². The molecular formula is C56H59F2N11O6. The second-order valence-corrected chi connectivity index (χ2v) is 21.1. The Morgan fingerprint density at radius 1 is 0.947 bits per heavy atom. The molecule has 5 aromatic rings. The second-order valence-electron chi connectivity index (χ2n) is 21.1. The van der Waals surface area contributed by atoms with E-state index in [9.17, 15) is 29.5 Å². The summed E-state index contributed by atoms with van der Waals surface area (Å²) in [5.74, 6) is 0.689. The van der Waals surface area contributed by atoms with Crippen LogP contribution >= 0.6 is 0 Å². The number of rotatable bonds is 13. The average molecular weight is 1020 g/mol. The van der Waals surface area contributed by atoms with E-state index in [4.69, 9.17) is 16.1 Å². The highest BCUT2D eigenvalue weighted by molar-refractivity contribution is 6.06. The van der Waals surface area contributed by atoms with Crippen molar-refractivity contribution in [2.24, 2.45) is 11.3 Å². The first-order valence-corrected chi connectivity index (χ1v) is 26.1. The van der Waals surface area contributed by atoms with Crippen LogP contribution in [-0.2, 0) is 20.9 Å². The molecule has 5 fully saturated rings. The summed E-state index contributed by atoms with van der Waals surface area (Å²) in [5.41, 5.74) is 2.21. The van der Waals surface area contributed by atoms with Gasteiger partial charge in [0.2, 0.25) is 17.7 Å². The number of piperazine rings is 2. The van der Waals surface area contributed by atoms with Crippen molar-refractivity contribution in [3.05, 3.63) is 77.0 Å². The van der Waals surface area contributed by atoms with Crippen LogP contribution in [0.1, 0.15) is 79.8 Å². The summed E-state index contributed by atoms with van der Waals surface area (Å²) in [5, 5.41) is 23.8. The molecule has 17 nitrogen and oxygen atoms in total. The summed E-state index contributed by atoms with van der Waals surface area (Å²) in [4.78, 5) is 77.2. The standard InChI is InChI=1S/C56H59F2N11O6/c1-3-40-44(57)8-5-35-26-39(70)27-42(48(35)40)50-49(58)51-43(28-60-50)52(67-23-24-68(47(72)4-2)38(31-67)11-16-59)63-55(62-51)75-33-56(14-15-56)32-65-21-19-64(20-22-65)29-34-12-17-66(18-13-34)37-6-7-41-36(25-37)30-69(54(41)74)45-9-10-46(71)61-53(45)73/h1,5-8,25-28,34,38,45,70H,4,9-15,17-24,29-33H2,2H3,(H,61,71,73)/t38-,45?/m0/s1. The number of ether oxygens (including phenoxy) is 1. The first kappa shape index (κ1) is 49.7. The largest absolute Gasteiger partial charge is 0.508 e. The van der Waals surface area contributed by atoms with Gasteiger partial charge in [-0.15, -0.1) is 6.42 Å². The van der Waals surface area contributed by atoms with Gasteiger partial charge in [-0.1, -0.05) is 18.9 Å². The molecule has 75 heavy (non-hydrogen) atoms. The number of imide groups is 1. The maximum absolute atomic E-state index is 17.3. The Morgan fingerprint density at radius 2 is 1.73 bits per heavy atom. The van der Waals surface area contributed by atoms with E-state index in [1.54, 1.807) is 16.7 Å². The minimum absolute atomic E-state index is 0.0292. The molecule has 0 spiro atoms. The number of aromatic nitrogens is 3. The van der Waals surface area contributed by atoms with Gasteiger partial charge in [0, 0.05) is 125 Å². The number of fused-ring (bicyclic) bond motifs is 3. The summed E-state index contributed by atoms with van der Waals surface area (Å²) in [6.07, 6.45) is 12.2. The Labute approximate surface area is 433 Å². The number of piperidine rings is 2. The number of carbonyl (C=O) groups is 4. The number of aromatic hydroxyl groups is 1. The van der Waals surface area contributed by atoms with Crippen molar-refractivity contribution in [3.8, 4) is 41.4 Å². The number of hydrogen-bond donors (Lipinski definition) is 2. The molecule has 2 atom stereocenters. The molecule has 6 aliphatic rings. The van der Waals surface area contributed by atoms with Crippen LogP contribution in [0.15, 0.2) is 48.7 Å². The smallest absolute Gasteiger partial charge is 0.319 e. The van der Waals surface area contributed by atoms with Crippen molar-refractivity contribution in [3.63, 3.8) is 0 Å².